The van der Waals surface area contributed by atoms with E-state index in [9.17, 15) is 13.2 Å². The van der Waals surface area contributed by atoms with E-state index in [2.05, 4.69) is 15.1 Å². The summed E-state index contributed by atoms with van der Waals surface area (Å²) in [5.41, 5.74) is 0.278. The summed E-state index contributed by atoms with van der Waals surface area (Å²) in [6.07, 6.45) is 1.79. The summed E-state index contributed by atoms with van der Waals surface area (Å²) in [7, 11) is 1.10. The number of nitrogens with zero attached hydrogens (tertiary/aromatic N) is 2. The number of ether oxygens (including phenoxy) is 4. The molecule has 1 atom stereocenters. The van der Waals surface area contributed by atoms with Crippen LogP contribution in [0, 0.1) is 0 Å². The van der Waals surface area contributed by atoms with Gasteiger partial charge in [0, 0.05) is 58.1 Å². The highest BCUT2D eigenvalue weighted by atomic mass is 32.2. The first-order valence-electron chi connectivity index (χ1n) is 11.2. The van der Waals surface area contributed by atoms with Crippen LogP contribution in [0.25, 0.3) is 0 Å². The maximum Gasteiger partial charge on any atom is 0.257 e. The minimum absolute atomic E-state index is 0.0874. The molecule has 12 heteroatoms. The van der Waals surface area contributed by atoms with Crippen molar-refractivity contribution in [3.05, 3.63) is 60.3 Å². The normalized spacial score (nSPS) is 12.2. The van der Waals surface area contributed by atoms with Crippen molar-refractivity contribution in [1.29, 1.82) is 0 Å². The first kappa shape index (κ1) is 27.1. The zero-order valence-corrected chi connectivity index (χ0v) is 21.4. The molecule has 2 aromatic carbocycles. The molecule has 11 nitrogen and oxygen atoms in total. The standard InChI is InChI=1S/C24H30N4O7S/c1-5-23(33-4)35-20-15-17(24(29)26-22-10-12-28(2)27-22)14-19(16-20)34-18-6-8-21(9-7-18)36(30,31)25-11-13-32-3/h6-10,12,14-16,23,25H,5,11,13H2,1-4H3,(H,26,27,29). The van der Waals surface area contributed by atoms with E-state index in [1.807, 2.05) is 6.92 Å². The molecule has 0 spiro atoms. The number of sulfonamides is 1. The van der Waals surface area contributed by atoms with Gasteiger partial charge in [-0.1, -0.05) is 6.92 Å². The number of amides is 1. The van der Waals surface area contributed by atoms with Gasteiger partial charge in [0.2, 0.25) is 10.0 Å². The summed E-state index contributed by atoms with van der Waals surface area (Å²) >= 11 is 0. The van der Waals surface area contributed by atoms with Gasteiger partial charge >= 0.3 is 0 Å². The maximum absolute atomic E-state index is 12.9. The number of hydrogen-bond donors (Lipinski definition) is 2. The Balaban J connectivity index is 1.83. The van der Waals surface area contributed by atoms with Crippen LogP contribution < -0.4 is 19.5 Å². The highest BCUT2D eigenvalue weighted by Gasteiger charge is 2.16. The van der Waals surface area contributed by atoms with E-state index in [4.69, 9.17) is 18.9 Å². The monoisotopic (exact) mass is 518 g/mol. The van der Waals surface area contributed by atoms with E-state index in [1.165, 1.54) is 38.5 Å². The van der Waals surface area contributed by atoms with Gasteiger partial charge in [0.15, 0.2) is 12.1 Å². The third-order valence-electron chi connectivity index (χ3n) is 4.93. The second-order valence-electron chi connectivity index (χ2n) is 7.68. The molecule has 0 fully saturated rings. The molecule has 36 heavy (non-hydrogen) atoms. The number of carbonyl (C=O) groups is 1. The number of aryl methyl sites for hydroxylation is 1. The fourth-order valence-corrected chi connectivity index (χ4v) is 4.15. The molecular weight excluding hydrogens is 488 g/mol. The summed E-state index contributed by atoms with van der Waals surface area (Å²) in [6, 6.07) is 12.3. The fourth-order valence-electron chi connectivity index (χ4n) is 3.13. The Morgan fingerprint density at radius 1 is 1.06 bits per heavy atom. The SMILES string of the molecule is CCC(OC)Oc1cc(Oc2ccc(S(=O)(=O)NCCOC)cc2)cc(C(=O)Nc2ccn(C)n2)c1. The van der Waals surface area contributed by atoms with Gasteiger partial charge in [-0.15, -0.1) is 0 Å². The average molecular weight is 519 g/mol. The van der Waals surface area contributed by atoms with Crippen LogP contribution in [0.1, 0.15) is 23.7 Å². The van der Waals surface area contributed by atoms with E-state index in [-0.39, 0.29) is 23.6 Å². The predicted octanol–water partition coefficient (Wildman–Crippen LogP) is 3.15. The first-order chi connectivity index (χ1) is 17.2. The molecule has 0 radical (unpaired) electrons. The Labute approximate surface area is 210 Å². The van der Waals surface area contributed by atoms with Crippen molar-refractivity contribution in [2.75, 3.05) is 32.7 Å². The molecule has 2 N–H and O–H groups in total. The van der Waals surface area contributed by atoms with Gasteiger partial charge in [0.1, 0.15) is 17.2 Å². The number of aromatic nitrogens is 2. The number of rotatable bonds is 13. The second-order valence-corrected chi connectivity index (χ2v) is 9.44. The minimum Gasteiger partial charge on any atom is -0.465 e. The lowest BCUT2D eigenvalue weighted by atomic mass is 10.2. The lowest BCUT2D eigenvalue weighted by Gasteiger charge is -2.17. The van der Waals surface area contributed by atoms with Crippen molar-refractivity contribution < 1.29 is 32.2 Å². The third kappa shape index (κ3) is 7.52. The molecule has 1 unspecified atom stereocenters. The molecule has 0 saturated heterocycles. The van der Waals surface area contributed by atoms with Gasteiger partial charge in [0.25, 0.3) is 5.91 Å². The molecule has 0 aliphatic carbocycles. The Morgan fingerprint density at radius 2 is 1.78 bits per heavy atom. The number of methoxy groups -OCH3 is 2. The van der Waals surface area contributed by atoms with Crippen LogP contribution in [0.15, 0.2) is 59.6 Å². The van der Waals surface area contributed by atoms with E-state index in [0.717, 1.165) is 0 Å². The summed E-state index contributed by atoms with van der Waals surface area (Å²) in [5, 5.41) is 6.88. The van der Waals surface area contributed by atoms with Crippen LogP contribution in [0.2, 0.25) is 0 Å². The van der Waals surface area contributed by atoms with Crippen molar-refractivity contribution >= 4 is 21.7 Å². The Kier molecular flexibility index (Phi) is 9.42. The molecule has 3 rings (SSSR count). The number of carbonyl (C=O) groups excluding carboxylic acids is 1. The highest BCUT2D eigenvalue weighted by Crippen LogP contribution is 2.29. The zero-order valence-electron chi connectivity index (χ0n) is 20.6. The van der Waals surface area contributed by atoms with Crippen LogP contribution in [-0.4, -0.2) is 57.8 Å². The number of anilines is 1. The molecule has 0 saturated carbocycles. The molecule has 1 amide bonds. The van der Waals surface area contributed by atoms with Crippen LogP contribution in [0.5, 0.6) is 17.2 Å². The smallest absolute Gasteiger partial charge is 0.257 e. The molecule has 0 aliphatic heterocycles. The molecule has 0 aliphatic rings. The Hall–Kier alpha value is -3.45. The predicted molar refractivity (Wildman–Crippen MR) is 133 cm³/mol. The van der Waals surface area contributed by atoms with Gasteiger partial charge in [-0.2, -0.15) is 5.10 Å². The Bertz CT molecular complexity index is 1260. The van der Waals surface area contributed by atoms with Gasteiger partial charge < -0.3 is 24.3 Å². The molecule has 1 heterocycles. The van der Waals surface area contributed by atoms with E-state index in [0.29, 0.717) is 29.5 Å². The number of hydrogen-bond acceptors (Lipinski definition) is 8. The van der Waals surface area contributed by atoms with E-state index >= 15 is 0 Å². The van der Waals surface area contributed by atoms with Crippen molar-refractivity contribution in [3.8, 4) is 17.2 Å². The maximum atomic E-state index is 12.9. The lowest BCUT2D eigenvalue weighted by molar-refractivity contribution is -0.0549. The van der Waals surface area contributed by atoms with Crippen molar-refractivity contribution in [2.24, 2.45) is 7.05 Å². The molecule has 1 aromatic heterocycles. The first-order valence-corrected chi connectivity index (χ1v) is 12.6. The van der Waals surface area contributed by atoms with Crippen molar-refractivity contribution in [2.45, 2.75) is 24.5 Å². The van der Waals surface area contributed by atoms with Crippen LogP contribution in [-0.2, 0) is 26.5 Å². The van der Waals surface area contributed by atoms with Crippen LogP contribution in [0.4, 0.5) is 5.82 Å². The largest absolute Gasteiger partial charge is 0.465 e. The fraction of sp³-hybridized carbons (Fsp3) is 0.333. The average Bonchev–Trinajstić information content (AvgIpc) is 3.27. The van der Waals surface area contributed by atoms with Crippen LogP contribution >= 0.6 is 0 Å². The summed E-state index contributed by atoms with van der Waals surface area (Å²) in [5.74, 6) is 1.05. The van der Waals surface area contributed by atoms with E-state index in [1.54, 1.807) is 42.2 Å². The van der Waals surface area contributed by atoms with Gasteiger partial charge in [-0.3, -0.25) is 9.48 Å². The molecule has 194 valence electrons. The zero-order chi connectivity index (χ0) is 26.1. The van der Waals surface area contributed by atoms with Gasteiger partial charge in [-0.25, -0.2) is 13.1 Å². The molecule has 0 bridgehead atoms. The topological polar surface area (TPSA) is 130 Å². The number of nitrogens with one attached hydrogen (secondary N) is 2. The van der Waals surface area contributed by atoms with Gasteiger partial charge in [0.05, 0.1) is 11.5 Å². The molecule has 3 aromatic rings. The lowest BCUT2D eigenvalue weighted by Crippen LogP contribution is -2.27. The number of benzene rings is 2. The summed E-state index contributed by atoms with van der Waals surface area (Å²) in [4.78, 5) is 13.0. The quantitative estimate of drug-likeness (QED) is 0.261. The summed E-state index contributed by atoms with van der Waals surface area (Å²) in [6.45, 7) is 2.33. The van der Waals surface area contributed by atoms with Crippen molar-refractivity contribution in [1.82, 2.24) is 14.5 Å². The van der Waals surface area contributed by atoms with Crippen molar-refractivity contribution in [3.63, 3.8) is 0 Å². The highest BCUT2D eigenvalue weighted by molar-refractivity contribution is 7.89. The molecular formula is C24H30N4O7S. The Morgan fingerprint density at radius 3 is 2.39 bits per heavy atom. The van der Waals surface area contributed by atoms with Crippen LogP contribution in [0.3, 0.4) is 0 Å². The second kappa shape index (κ2) is 12.5. The minimum atomic E-state index is -3.67. The van der Waals surface area contributed by atoms with Gasteiger partial charge in [-0.05, 0) is 36.4 Å². The third-order valence-corrected chi connectivity index (χ3v) is 6.41. The summed E-state index contributed by atoms with van der Waals surface area (Å²) < 4.78 is 50.7. The van der Waals surface area contributed by atoms with E-state index < -0.39 is 22.2 Å².